The first kappa shape index (κ1) is 28.2. The summed E-state index contributed by atoms with van der Waals surface area (Å²) in [6.45, 7) is 7.68. The Labute approximate surface area is 246 Å². The molecule has 0 amide bonds. The molecule has 0 fully saturated rings. The van der Waals surface area contributed by atoms with Crippen LogP contribution in [-0.4, -0.2) is 39.1 Å². The van der Waals surface area contributed by atoms with Crippen molar-refractivity contribution in [2.45, 2.75) is 40.2 Å². The Morgan fingerprint density at radius 3 is 2.68 bits per heavy atom. The number of hydrogen-bond donors (Lipinski definition) is 2. The lowest BCUT2D eigenvalue weighted by Crippen LogP contribution is -2.14. The third-order valence-electron chi connectivity index (χ3n) is 7.04. The quantitative estimate of drug-likeness (QED) is 0.218. The molecule has 2 aromatic heterocycles. The molecule has 6 rings (SSSR count). The highest BCUT2D eigenvalue weighted by Gasteiger charge is 2.22. The fraction of sp³-hybridized carbons (Fsp3) is 0.242. The molecule has 5 aromatic rings. The van der Waals surface area contributed by atoms with Crippen LogP contribution in [0, 0.1) is 6.92 Å². The lowest BCUT2D eigenvalue weighted by molar-refractivity contribution is 0.414. The van der Waals surface area contributed by atoms with Gasteiger partial charge in [-0.15, -0.1) is 10.2 Å². The van der Waals surface area contributed by atoms with Gasteiger partial charge in [0, 0.05) is 40.1 Å². The number of aliphatic imine (C=N–C) groups is 1. The van der Waals surface area contributed by atoms with Crippen LogP contribution < -0.4 is 10.1 Å². The van der Waals surface area contributed by atoms with Gasteiger partial charge < -0.3 is 15.0 Å². The largest absolute Gasteiger partial charge is 0.497 e. The van der Waals surface area contributed by atoms with Gasteiger partial charge in [0.1, 0.15) is 18.1 Å². The van der Waals surface area contributed by atoms with Gasteiger partial charge in [-0.3, -0.25) is 9.56 Å². The number of benzene rings is 3. The standard InChI is InChI=1S/C18H15ClN4O.C15H20N2/c1-11-21-22-17-10-20-18(12-3-5-13(19)6-4-12)15-9-14(24-2)7-8-16(15)23(11)17;1-3-4-12(2)16-9-7-13-5-6-14-8-10-17-15(14)11-13/h3-9H,10H2,1-2H3;4-6,8,10-11,16-17H,3,7,9H2,1-2H3/b;12-4-. The predicted octanol–water partition coefficient (Wildman–Crippen LogP) is 7.20. The zero-order chi connectivity index (χ0) is 28.8. The Morgan fingerprint density at radius 2 is 1.90 bits per heavy atom. The van der Waals surface area contributed by atoms with Crippen molar-refractivity contribution >= 4 is 28.2 Å². The highest BCUT2D eigenvalue weighted by molar-refractivity contribution is 6.30. The number of methoxy groups -OCH3 is 1. The average Bonchev–Trinajstić information content (AvgIpc) is 3.56. The fourth-order valence-corrected chi connectivity index (χ4v) is 5.10. The van der Waals surface area contributed by atoms with Crippen LogP contribution in [0.5, 0.6) is 5.75 Å². The molecule has 2 N–H and O–H groups in total. The van der Waals surface area contributed by atoms with E-state index in [4.69, 9.17) is 21.3 Å². The summed E-state index contributed by atoms with van der Waals surface area (Å²) < 4.78 is 7.45. The van der Waals surface area contributed by atoms with Crippen LogP contribution >= 0.6 is 11.6 Å². The maximum absolute atomic E-state index is 6.02. The molecule has 1 aliphatic rings. The number of nitrogens with one attached hydrogen (secondary N) is 2. The van der Waals surface area contributed by atoms with Gasteiger partial charge >= 0.3 is 0 Å². The second-order valence-corrected chi connectivity index (χ2v) is 10.4. The number of fused-ring (bicyclic) bond motifs is 4. The van der Waals surface area contributed by atoms with E-state index in [1.165, 1.54) is 22.2 Å². The molecule has 0 saturated heterocycles. The first-order valence-electron chi connectivity index (χ1n) is 13.8. The number of halogens is 1. The van der Waals surface area contributed by atoms with E-state index in [0.717, 1.165) is 59.3 Å². The van der Waals surface area contributed by atoms with E-state index in [1.54, 1.807) is 7.11 Å². The van der Waals surface area contributed by atoms with Crippen molar-refractivity contribution in [3.05, 3.63) is 118 Å². The van der Waals surface area contributed by atoms with E-state index >= 15 is 0 Å². The zero-order valence-corrected chi connectivity index (χ0v) is 24.7. The van der Waals surface area contributed by atoms with Gasteiger partial charge in [0.05, 0.1) is 18.5 Å². The van der Waals surface area contributed by atoms with Crippen molar-refractivity contribution in [1.82, 2.24) is 25.1 Å². The van der Waals surface area contributed by atoms with Crippen molar-refractivity contribution in [3.8, 4) is 11.4 Å². The molecule has 0 radical (unpaired) electrons. The SMILES string of the molecule is CC/C=C(/C)NCCc1ccc2cc[nH]c2c1.COc1ccc2c(c1)C(c1ccc(Cl)cc1)=NCc1nnc(C)n1-2. The van der Waals surface area contributed by atoms with E-state index in [2.05, 4.69) is 64.7 Å². The first-order valence-corrected chi connectivity index (χ1v) is 14.2. The number of aromatic amines is 1. The number of H-pyrrole nitrogens is 1. The van der Waals surface area contributed by atoms with E-state index in [9.17, 15) is 0 Å². The molecule has 0 aliphatic carbocycles. The highest BCUT2D eigenvalue weighted by atomic mass is 35.5. The van der Waals surface area contributed by atoms with Crippen LogP contribution in [0.2, 0.25) is 5.02 Å². The summed E-state index contributed by atoms with van der Waals surface area (Å²) in [5.41, 5.74) is 7.75. The van der Waals surface area contributed by atoms with Gasteiger partial charge in [0.15, 0.2) is 5.82 Å². The molecule has 0 saturated carbocycles. The number of rotatable bonds is 7. The Hall–Kier alpha value is -4.36. The Kier molecular flexibility index (Phi) is 8.85. The molecule has 0 bridgehead atoms. The summed E-state index contributed by atoms with van der Waals surface area (Å²) in [5.74, 6) is 2.44. The lowest BCUT2D eigenvalue weighted by atomic mass is 10.00. The Morgan fingerprint density at radius 1 is 1.07 bits per heavy atom. The third-order valence-corrected chi connectivity index (χ3v) is 7.29. The third kappa shape index (κ3) is 6.52. The van der Waals surface area contributed by atoms with E-state index in [1.807, 2.05) is 60.2 Å². The Bertz CT molecular complexity index is 1700. The number of allylic oxidation sites excluding steroid dienone is 2. The van der Waals surface area contributed by atoms with E-state index in [-0.39, 0.29) is 0 Å². The van der Waals surface area contributed by atoms with Crippen molar-refractivity contribution in [1.29, 1.82) is 0 Å². The number of hydrogen-bond acceptors (Lipinski definition) is 5. The molecule has 41 heavy (non-hydrogen) atoms. The van der Waals surface area contributed by atoms with Crippen molar-refractivity contribution < 1.29 is 4.74 Å². The van der Waals surface area contributed by atoms with Gasteiger partial charge in [-0.05, 0) is 80.1 Å². The minimum atomic E-state index is 0.468. The summed E-state index contributed by atoms with van der Waals surface area (Å²) in [5, 5.41) is 13.8. The van der Waals surface area contributed by atoms with E-state index in [0.29, 0.717) is 11.6 Å². The van der Waals surface area contributed by atoms with Gasteiger partial charge in [-0.1, -0.05) is 48.9 Å². The van der Waals surface area contributed by atoms with Crippen LogP contribution in [0.4, 0.5) is 0 Å². The zero-order valence-electron chi connectivity index (χ0n) is 23.9. The summed E-state index contributed by atoms with van der Waals surface area (Å²) >= 11 is 6.02. The second kappa shape index (κ2) is 12.9. The van der Waals surface area contributed by atoms with Crippen LogP contribution in [-0.2, 0) is 13.0 Å². The minimum Gasteiger partial charge on any atom is -0.497 e. The molecule has 3 aromatic carbocycles. The lowest BCUT2D eigenvalue weighted by Gasteiger charge is -2.14. The van der Waals surface area contributed by atoms with Gasteiger partial charge in [-0.25, -0.2) is 0 Å². The summed E-state index contributed by atoms with van der Waals surface area (Å²) in [6, 6.07) is 22.4. The maximum Gasteiger partial charge on any atom is 0.159 e. The molecule has 0 unspecified atom stereocenters. The van der Waals surface area contributed by atoms with Crippen molar-refractivity contribution in [2.75, 3.05) is 13.7 Å². The number of nitrogens with zero attached hydrogens (tertiary/aromatic N) is 4. The fourth-order valence-electron chi connectivity index (χ4n) is 4.97. The Balaban J connectivity index is 0.000000175. The average molecular weight is 567 g/mol. The number of aryl methyl sites for hydroxylation is 1. The second-order valence-electron chi connectivity index (χ2n) is 9.93. The molecule has 7 nitrogen and oxygen atoms in total. The van der Waals surface area contributed by atoms with Crippen LogP contribution in [0.15, 0.2) is 89.7 Å². The van der Waals surface area contributed by atoms with Crippen LogP contribution in [0.25, 0.3) is 16.6 Å². The monoisotopic (exact) mass is 566 g/mol. The smallest absolute Gasteiger partial charge is 0.159 e. The molecule has 0 spiro atoms. The first-order chi connectivity index (χ1) is 20.0. The van der Waals surface area contributed by atoms with Gasteiger partial charge in [0.25, 0.3) is 0 Å². The van der Waals surface area contributed by atoms with Gasteiger partial charge in [0.2, 0.25) is 0 Å². The van der Waals surface area contributed by atoms with Crippen LogP contribution in [0.1, 0.15) is 48.6 Å². The molecular formula is C33H35ClN6O. The van der Waals surface area contributed by atoms with Gasteiger partial charge in [-0.2, -0.15) is 0 Å². The number of ether oxygens (including phenoxy) is 1. The van der Waals surface area contributed by atoms with Crippen molar-refractivity contribution in [3.63, 3.8) is 0 Å². The summed E-state index contributed by atoms with van der Waals surface area (Å²) in [4.78, 5) is 8.04. The molecule has 0 atom stereocenters. The normalized spacial score (nSPS) is 12.5. The number of aromatic nitrogens is 4. The predicted molar refractivity (Wildman–Crippen MR) is 167 cm³/mol. The maximum atomic E-state index is 6.02. The molecule has 1 aliphatic heterocycles. The minimum absolute atomic E-state index is 0.468. The summed E-state index contributed by atoms with van der Waals surface area (Å²) in [6.07, 6.45) is 6.35. The highest BCUT2D eigenvalue weighted by Crippen LogP contribution is 2.29. The molecule has 8 heteroatoms. The topological polar surface area (TPSA) is 80.1 Å². The molecule has 210 valence electrons. The molecule has 3 heterocycles. The summed E-state index contributed by atoms with van der Waals surface area (Å²) in [7, 11) is 1.66. The van der Waals surface area contributed by atoms with Crippen LogP contribution in [0.3, 0.4) is 0 Å². The molecular weight excluding hydrogens is 532 g/mol. The van der Waals surface area contributed by atoms with E-state index < -0.39 is 0 Å². The van der Waals surface area contributed by atoms with Crippen molar-refractivity contribution in [2.24, 2.45) is 4.99 Å².